The van der Waals surface area contributed by atoms with Crippen molar-refractivity contribution in [3.8, 4) is 0 Å². The number of nitrogens with one attached hydrogen (secondary N) is 1. The van der Waals surface area contributed by atoms with Crippen LogP contribution in [0.3, 0.4) is 0 Å². The summed E-state index contributed by atoms with van der Waals surface area (Å²) in [6.45, 7) is 0. The molecule has 0 radical (unpaired) electrons. The Labute approximate surface area is 159 Å². The molecule has 0 aliphatic rings. The highest BCUT2D eigenvalue weighted by atomic mass is 35.5. The van der Waals surface area contributed by atoms with E-state index in [0.29, 0.717) is 5.01 Å². The summed E-state index contributed by atoms with van der Waals surface area (Å²) in [6.07, 6.45) is -4.38. The maximum atomic E-state index is 13.8. The average molecular weight is 416 g/mol. The minimum Gasteiger partial charge on any atom is -0.296 e. The molecule has 1 N–H and O–H groups in total. The van der Waals surface area contributed by atoms with Gasteiger partial charge in [0.15, 0.2) is 0 Å². The van der Waals surface area contributed by atoms with Gasteiger partial charge in [0.2, 0.25) is 5.13 Å². The van der Waals surface area contributed by atoms with Crippen molar-refractivity contribution in [2.75, 3.05) is 5.32 Å². The second-order valence-corrected chi connectivity index (χ2v) is 6.88. The van der Waals surface area contributed by atoms with E-state index < -0.39 is 23.5 Å². The molecule has 0 bridgehead atoms. The lowest BCUT2D eigenvalue weighted by Crippen LogP contribution is -2.12. The molecule has 1 amide bonds. The van der Waals surface area contributed by atoms with Gasteiger partial charge >= 0.3 is 6.18 Å². The smallest absolute Gasteiger partial charge is 0.296 e. The van der Waals surface area contributed by atoms with Gasteiger partial charge in [-0.3, -0.25) is 10.1 Å². The van der Waals surface area contributed by atoms with Gasteiger partial charge in [0.1, 0.15) is 10.8 Å². The molecule has 0 atom stereocenters. The first-order valence-corrected chi connectivity index (χ1v) is 8.67. The molecular weight excluding hydrogens is 406 g/mol. The van der Waals surface area contributed by atoms with E-state index in [2.05, 4.69) is 15.5 Å². The second-order valence-electron chi connectivity index (χ2n) is 5.41. The topological polar surface area (TPSA) is 54.9 Å². The first-order chi connectivity index (χ1) is 12.7. The molecule has 0 saturated carbocycles. The predicted molar refractivity (Wildman–Crippen MR) is 93.5 cm³/mol. The molecule has 10 heteroatoms. The van der Waals surface area contributed by atoms with Gasteiger partial charge in [-0.2, -0.15) is 13.2 Å². The summed E-state index contributed by atoms with van der Waals surface area (Å²) in [7, 11) is 0. The van der Waals surface area contributed by atoms with Crippen LogP contribution in [0.2, 0.25) is 5.02 Å². The third kappa shape index (κ3) is 4.61. The lowest BCUT2D eigenvalue weighted by molar-refractivity contribution is -0.137. The van der Waals surface area contributed by atoms with Crippen LogP contribution >= 0.6 is 22.9 Å². The van der Waals surface area contributed by atoms with Crippen molar-refractivity contribution in [3.05, 3.63) is 75.0 Å². The third-order valence-electron chi connectivity index (χ3n) is 3.55. The summed E-state index contributed by atoms with van der Waals surface area (Å²) in [6, 6.07) is 8.08. The normalized spacial score (nSPS) is 11.4. The van der Waals surface area contributed by atoms with Crippen LogP contribution in [0, 0.1) is 5.82 Å². The number of rotatable bonds is 4. The van der Waals surface area contributed by atoms with Gasteiger partial charge in [-0.05, 0) is 36.4 Å². The summed E-state index contributed by atoms with van der Waals surface area (Å²) in [5.41, 5.74) is -0.549. The highest BCUT2D eigenvalue weighted by Crippen LogP contribution is 2.29. The lowest BCUT2D eigenvalue weighted by Gasteiger charge is -2.07. The fourth-order valence-electron chi connectivity index (χ4n) is 2.21. The van der Waals surface area contributed by atoms with E-state index in [1.165, 1.54) is 12.1 Å². The van der Waals surface area contributed by atoms with Crippen LogP contribution in [0.1, 0.15) is 26.5 Å². The summed E-state index contributed by atoms with van der Waals surface area (Å²) in [5, 5.41) is 10.9. The lowest BCUT2D eigenvalue weighted by atomic mass is 10.1. The highest BCUT2D eigenvalue weighted by molar-refractivity contribution is 7.15. The van der Waals surface area contributed by atoms with Gasteiger partial charge in [0.05, 0.1) is 5.56 Å². The van der Waals surface area contributed by atoms with Crippen LogP contribution < -0.4 is 5.32 Å². The number of aromatic nitrogens is 2. The van der Waals surface area contributed by atoms with Crippen LogP contribution in [0.15, 0.2) is 42.5 Å². The van der Waals surface area contributed by atoms with Gasteiger partial charge in [-0.1, -0.05) is 29.0 Å². The number of amides is 1. The number of hydrogen-bond donors (Lipinski definition) is 1. The van der Waals surface area contributed by atoms with Crippen LogP contribution in [-0.4, -0.2) is 16.1 Å². The Morgan fingerprint density at radius 2 is 1.81 bits per heavy atom. The zero-order valence-corrected chi connectivity index (χ0v) is 14.9. The zero-order chi connectivity index (χ0) is 19.6. The molecular formula is C17H10ClF4N3OS. The van der Waals surface area contributed by atoms with Crippen molar-refractivity contribution in [2.24, 2.45) is 0 Å². The number of nitrogens with zero attached hydrogens (tertiary/aromatic N) is 2. The van der Waals surface area contributed by atoms with E-state index in [1.807, 2.05) is 0 Å². The number of carbonyl (C=O) groups excluding carboxylic acids is 1. The van der Waals surface area contributed by atoms with Gasteiger partial charge < -0.3 is 0 Å². The van der Waals surface area contributed by atoms with Crippen molar-refractivity contribution in [3.63, 3.8) is 0 Å². The Hall–Kier alpha value is -2.52. The number of alkyl halides is 3. The summed E-state index contributed by atoms with van der Waals surface area (Å²) >= 11 is 6.98. The maximum Gasteiger partial charge on any atom is 0.416 e. The van der Waals surface area contributed by atoms with Crippen LogP contribution in [0.4, 0.5) is 22.7 Å². The third-order valence-corrected chi connectivity index (χ3v) is 4.74. The molecule has 3 rings (SSSR count). The minimum atomic E-state index is -4.48. The SMILES string of the molecule is O=C(Nc1nnc(Cc2c(F)cccc2Cl)s1)c1ccc(C(F)(F)F)cc1. The maximum absolute atomic E-state index is 13.8. The summed E-state index contributed by atoms with van der Waals surface area (Å²) in [4.78, 5) is 12.1. The number of anilines is 1. The van der Waals surface area contributed by atoms with Crippen LogP contribution in [0.5, 0.6) is 0 Å². The minimum absolute atomic E-state index is 0.0388. The molecule has 0 aliphatic carbocycles. The van der Waals surface area contributed by atoms with Crippen molar-refractivity contribution in [2.45, 2.75) is 12.6 Å². The molecule has 4 nitrogen and oxygen atoms in total. The first kappa shape index (κ1) is 19.2. The standard InChI is InChI=1S/C17H10ClF4N3OS/c18-12-2-1-3-13(19)11(12)8-14-24-25-16(27-14)23-15(26)9-4-6-10(7-5-9)17(20,21)22/h1-7H,8H2,(H,23,25,26). The van der Waals surface area contributed by atoms with E-state index in [1.54, 1.807) is 6.07 Å². The van der Waals surface area contributed by atoms with Crippen molar-refractivity contribution in [1.29, 1.82) is 0 Å². The Balaban J connectivity index is 1.69. The molecule has 0 unspecified atom stereocenters. The molecule has 2 aromatic carbocycles. The quantitative estimate of drug-likeness (QED) is 0.596. The Morgan fingerprint density at radius 1 is 1.11 bits per heavy atom. The van der Waals surface area contributed by atoms with Crippen molar-refractivity contribution < 1.29 is 22.4 Å². The Kier molecular flexibility index (Phi) is 5.43. The van der Waals surface area contributed by atoms with Crippen molar-refractivity contribution in [1.82, 2.24) is 10.2 Å². The molecule has 140 valence electrons. The van der Waals surface area contributed by atoms with Gasteiger partial charge in [0, 0.05) is 22.6 Å². The summed E-state index contributed by atoms with van der Waals surface area (Å²) in [5.74, 6) is -1.11. The fourth-order valence-corrected chi connectivity index (χ4v) is 3.18. The first-order valence-electron chi connectivity index (χ1n) is 7.48. The summed E-state index contributed by atoms with van der Waals surface area (Å²) < 4.78 is 51.5. The van der Waals surface area contributed by atoms with E-state index in [0.717, 1.165) is 35.6 Å². The molecule has 0 saturated heterocycles. The molecule has 1 heterocycles. The fraction of sp³-hybridized carbons (Fsp3) is 0.118. The van der Waals surface area contributed by atoms with Crippen LogP contribution in [0.25, 0.3) is 0 Å². The number of hydrogen-bond acceptors (Lipinski definition) is 4. The Bertz CT molecular complexity index is 953. The van der Waals surface area contributed by atoms with Crippen LogP contribution in [-0.2, 0) is 12.6 Å². The molecule has 1 aromatic heterocycles. The number of halogens is 5. The van der Waals surface area contributed by atoms with Gasteiger partial charge in [-0.15, -0.1) is 10.2 Å². The van der Waals surface area contributed by atoms with E-state index in [4.69, 9.17) is 11.6 Å². The van der Waals surface area contributed by atoms with E-state index in [-0.39, 0.29) is 27.7 Å². The molecule has 27 heavy (non-hydrogen) atoms. The van der Waals surface area contributed by atoms with Gasteiger partial charge in [-0.25, -0.2) is 4.39 Å². The molecule has 3 aromatic rings. The van der Waals surface area contributed by atoms with Crippen molar-refractivity contribution >= 4 is 34.0 Å². The van der Waals surface area contributed by atoms with E-state index >= 15 is 0 Å². The van der Waals surface area contributed by atoms with Gasteiger partial charge in [0.25, 0.3) is 5.91 Å². The highest BCUT2D eigenvalue weighted by Gasteiger charge is 2.30. The molecule has 0 fully saturated rings. The Morgan fingerprint density at radius 3 is 2.44 bits per heavy atom. The predicted octanol–water partition coefficient (Wildman–Crippen LogP) is 5.19. The zero-order valence-electron chi connectivity index (χ0n) is 13.3. The number of benzene rings is 2. The van der Waals surface area contributed by atoms with E-state index in [9.17, 15) is 22.4 Å². The average Bonchev–Trinajstić information content (AvgIpc) is 3.05. The largest absolute Gasteiger partial charge is 0.416 e. The molecule has 0 spiro atoms. The second kappa shape index (κ2) is 7.61. The molecule has 0 aliphatic heterocycles. The monoisotopic (exact) mass is 415 g/mol. The number of carbonyl (C=O) groups is 1.